The molecule has 0 fully saturated rings. The number of methoxy groups -OCH3 is 1. The molecule has 2 rings (SSSR count). The van der Waals surface area contributed by atoms with Crippen molar-refractivity contribution in [3.63, 3.8) is 0 Å². The van der Waals surface area contributed by atoms with Gasteiger partial charge in [0.2, 0.25) is 0 Å². The van der Waals surface area contributed by atoms with E-state index in [1.165, 1.54) is 16.9 Å². The van der Waals surface area contributed by atoms with Crippen LogP contribution in [0.3, 0.4) is 0 Å². The number of aromatic nitrogens is 1. The van der Waals surface area contributed by atoms with Gasteiger partial charge in [0.15, 0.2) is 0 Å². The quantitative estimate of drug-likeness (QED) is 0.886. The number of thiazole rings is 1. The van der Waals surface area contributed by atoms with Crippen molar-refractivity contribution < 1.29 is 4.74 Å². The van der Waals surface area contributed by atoms with Gasteiger partial charge in [0, 0.05) is 0 Å². The van der Waals surface area contributed by atoms with Gasteiger partial charge in [-0.15, -0.1) is 0 Å². The average Bonchev–Trinajstić information content (AvgIpc) is 2.57. The molecule has 0 aliphatic heterocycles. The van der Waals surface area contributed by atoms with E-state index in [0.717, 1.165) is 32.6 Å². The molecule has 0 amide bonds. The summed E-state index contributed by atoms with van der Waals surface area (Å²) in [5, 5.41) is 1.69. The minimum atomic E-state index is 0.766. The molecule has 17 heavy (non-hydrogen) atoms. The van der Waals surface area contributed by atoms with Crippen molar-refractivity contribution >= 4 is 16.3 Å². The van der Waals surface area contributed by atoms with E-state index >= 15 is 0 Å². The summed E-state index contributed by atoms with van der Waals surface area (Å²) in [6.07, 6.45) is 0. The third-order valence-electron chi connectivity index (χ3n) is 2.71. The van der Waals surface area contributed by atoms with E-state index in [4.69, 9.17) is 10.5 Å². The Morgan fingerprint density at radius 2 is 1.94 bits per heavy atom. The molecule has 90 valence electrons. The molecule has 0 bridgehead atoms. The van der Waals surface area contributed by atoms with Crippen LogP contribution in [0.15, 0.2) is 12.1 Å². The topological polar surface area (TPSA) is 48.1 Å². The van der Waals surface area contributed by atoms with Crippen molar-refractivity contribution in [1.29, 1.82) is 0 Å². The van der Waals surface area contributed by atoms with Crippen LogP contribution in [0.4, 0.5) is 5.00 Å². The number of hydrogen-bond acceptors (Lipinski definition) is 4. The van der Waals surface area contributed by atoms with E-state index in [2.05, 4.69) is 24.9 Å². The van der Waals surface area contributed by atoms with Crippen molar-refractivity contribution in [3.8, 4) is 16.3 Å². The fourth-order valence-corrected chi connectivity index (χ4v) is 2.83. The number of hydrogen-bond donors (Lipinski definition) is 1. The Labute approximate surface area is 105 Å². The van der Waals surface area contributed by atoms with Gasteiger partial charge >= 0.3 is 0 Å². The third-order valence-corrected chi connectivity index (χ3v) is 3.71. The first-order chi connectivity index (χ1) is 8.02. The predicted octanol–water partition coefficient (Wildman–Crippen LogP) is 3.33. The molecule has 0 unspecified atom stereocenters. The SMILES string of the molecule is COc1cc(C)cc(C)c1-c1nc(C)c(N)s1. The summed E-state index contributed by atoms with van der Waals surface area (Å²) in [4.78, 5) is 4.49. The first kappa shape index (κ1) is 11.9. The minimum Gasteiger partial charge on any atom is -0.496 e. The van der Waals surface area contributed by atoms with Crippen molar-refractivity contribution in [1.82, 2.24) is 4.98 Å². The fraction of sp³-hybridized carbons (Fsp3) is 0.308. The molecule has 0 saturated heterocycles. The molecule has 1 aromatic carbocycles. The van der Waals surface area contributed by atoms with E-state index in [-0.39, 0.29) is 0 Å². The molecule has 0 aliphatic rings. The van der Waals surface area contributed by atoms with Gasteiger partial charge < -0.3 is 10.5 Å². The van der Waals surface area contributed by atoms with Crippen LogP contribution >= 0.6 is 11.3 Å². The number of ether oxygens (including phenoxy) is 1. The Hall–Kier alpha value is -1.55. The molecule has 0 saturated carbocycles. The number of nitrogens with two attached hydrogens (primary N) is 1. The zero-order valence-corrected chi connectivity index (χ0v) is 11.3. The molecular weight excluding hydrogens is 232 g/mol. The highest BCUT2D eigenvalue weighted by molar-refractivity contribution is 7.19. The summed E-state index contributed by atoms with van der Waals surface area (Å²) in [6, 6.07) is 4.15. The van der Waals surface area contributed by atoms with Crippen LogP contribution < -0.4 is 10.5 Å². The zero-order chi connectivity index (χ0) is 12.6. The summed E-state index contributed by atoms with van der Waals surface area (Å²) in [6.45, 7) is 6.05. The van der Waals surface area contributed by atoms with Gasteiger partial charge in [-0.05, 0) is 38.0 Å². The van der Waals surface area contributed by atoms with Crippen LogP contribution in [-0.2, 0) is 0 Å². The molecule has 2 aromatic rings. The van der Waals surface area contributed by atoms with E-state index in [1.807, 2.05) is 13.0 Å². The molecular formula is C13H16N2OS. The Morgan fingerprint density at radius 1 is 1.24 bits per heavy atom. The zero-order valence-electron chi connectivity index (χ0n) is 10.5. The van der Waals surface area contributed by atoms with Crippen molar-refractivity contribution in [2.75, 3.05) is 12.8 Å². The highest BCUT2D eigenvalue weighted by atomic mass is 32.1. The van der Waals surface area contributed by atoms with Crippen LogP contribution in [0.25, 0.3) is 10.6 Å². The number of rotatable bonds is 2. The third kappa shape index (κ3) is 2.13. The highest BCUT2D eigenvalue weighted by Crippen LogP contribution is 2.38. The lowest BCUT2D eigenvalue weighted by atomic mass is 10.0. The Balaban J connectivity index is 2.65. The maximum Gasteiger partial charge on any atom is 0.129 e. The van der Waals surface area contributed by atoms with Gasteiger partial charge in [-0.3, -0.25) is 0 Å². The minimum absolute atomic E-state index is 0.766. The fourth-order valence-electron chi connectivity index (χ4n) is 1.88. The number of nitrogens with zero attached hydrogens (tertiary/aromatic N) is 1. The van der Waals surface area contributed by atoms with Crippen molar-refractivity contribution in [2.45, 2.75) is 20.8 Å². The van der Waals surface area contributed by atoms with Crippen molar-refractivity contribution in [3.05, 3.63) is 29.0 Å². The molecule has 0 atom stereocenters. The monoisotopic (exact) mass is 248 g/mol. The van der Waals surface area contributed by atoms with Gasteiger partial charge in [-0.2, -0.15) is 0 Å². The summed E-state index contributed by atoms with van der Waals surface area (Å²) >= 11 is 1.50. The second-order valence-electron chi connectivity index (χ2n) is 4.13. The van der Waals surface area contributed by atoms with Gasteiger partial charge in [-0.25, -0.2) is 4.98 Å². The van der Waals surface area contributed by atoms with Crippen LogP contribution in [-0.4, -0.2) is 12.1 Å². The maximum atomic E-state index is 5.86. The standard InChI is InChI=1S/C13H16N2OS/c1-7-5-8(2)11(10(6-7)16-4)13-15-9(3)12(14)17-13/h5-6H,14H2,1-4H3. The Kier molecular flexibility index (Phi) is 3.07. The molecule has 3 nitrogen and oxygen atoms in total. The van der Waals surface area contributed by atoms with Crippen molar-refractivity contribution in [2.24, 2.45) is 0 Å². The van der Waals surface area contributed by atoms with Crippen LogP contribution in [0.2, 0.25) is 0 Å². The molecule has 0 aliphatic carbocycles. The molecule has 1 aromatic heterocycles. The summed E-state index contributed by atoms with van der Waals surface area (Å²) in [7, 11) is 1.68. The summed E-state index contributed by atoms with van der Waals surface area (Å²) in [5.74, 6) is 0.858. The number of aryl methyl sites for hydroxylation is 3. The average molecular weight is 248 g/mol. The number of benzene rings is 1. The van der Waals surface area contributed by atoms with Crippen LogP contribution in [0.1, 0.15) is 16.8 Å². The Morgan fingerprint density at radius 3 is 2.47 bits per heavy atom. The first-order valence-corrected chi connectivity index (χ1v) is 6.23. The number of anilines is 1. The van der Waals surface area contributed by atoms with E-state index in [1.54, 1.807) is 7.11 Å². The van der Waals surface area contributed by atoms with Crippen LogP contribution in [0.5, 0.6) is 5.75 Å². The van der Waals surface area contributed by atoms with E-state index < -0.39 is 0 Å². The first-order valence-electron chi connectivity index (χ1n) is 5.41. The van der Waals surface area contributed by atoms with Gasteiger partial charge in [0.1, 0.15) is 15.8 Å². The maximum absolute atomic E-state index is 5.86. The molecule has 2 N–H and O–H groups in total. The Bertz CT molecular complexity index is 541. The van der Waals surface area contributed by atoms with E-state index in [0.29, 0.717) is 0 Å². The second-order valence-corrected chi connectivity index (χ2v) is 5.16. The predicted molar refractivity (Wildman–Crippen MR) is 72.7 cm³/mol. The lowest BCUT2D eigenvalue weighted by Gasteiger charge is -2.10. The lowest BCUT2D eigenvalue weighted by Crippen LogP contribution is -1.92. The van der Waals surface area contributed by atoms with Crippen LogP contribution in [0, 0.1) is 20.8 Å². The van der Waals surface area contributed by atoms with E-state index in [9.17, 15) is 0 Å². The van der Waals surface area contributed by atoms with Gasteiger partial charge in [-0.1, -0.05) is 17.4 Å². The smallest absolute Gasteiger partial charge is 0.129 e. The summed E-state index contributed by atoms with van der Waals surface area (Å²) < 4.78 is 5.44. The molecule has 1 heterocycles. The second kappa shape index (κ2) is 4.37. The molecule has 0 spiro atoms. The largest absolute Gasteiger partial charge is 0.496 e. The number of nitrogen functional groups attached to an aromatic ring is 1. The lowest BCUT2D eigenvalue weighted by molar-refractivity contribution is 0.416. The van der Waals surface area contributed by atoms with Gasteiger partial charge in [0.05, 0.1) is 18.4 Å². The molecule has 4 heteroatoms. The van der Waals surface area contributed by atoms with Gasteiger partial charge in [0.25, 0.3) is 0 Å². The summed E-state index contributed by atoms with van der Waals surface area (Å²) in [5.41, 5.74) is 10.1. The molecule has 0 radical (unpaired) electrons. The normalized spacial score (nSPS) is 10.6. The highest BCUT2D eigenvalue weighted by Gasteiger charge is 2.15.